The molecule has 4 heteroatoms. The minimum atomic E-state index is -0.431. The summed E-state index contributed by atoms with van der Waals surface area (Å²) in [6.45, 7) is 7.52. The SMILES string of the molecule is CC[C@H](Oc1ccc(C)c(C)c1)C(=O)NCCN(C)C. The molecule has 0 radical (unpaired) electrons. The van der Waals surface area contributed by atoms with E-state index < -0.39 is 6.10 Å². The van der Waals surface area contributed by atoms with Crippen molar-refractivity contribution >= 4 is 5.91 Å². The van der Waals surface area contributed by atoms with Crippen LogP contribution in [0.25, 0.3) is 0 Å². The Morgan fingerprint density at radius 3 is 2.55 bits per heavy atom. The molecule has 0 unspecified atom stereocenters. The lowest BCUT2D eigenvalue weighted by atomic mass is 10.1. The molecule has 1 rings (SSSR count). The largest absolute Gasteiger partial charge is 0.481 e. The van der Waals surface area contributed by atoms with Crippen molar-refractivity contribution in [2.45, 2.75) is 33.3 Å². The van der Waals surface area contributed by atoms with Gasteiger partial charge in [-0.25, -0.2) is 0 Å². The minimum Gasteiger partial charge on any atom is -0.481 e. The van der Waals surface area contributed by atoms with Gasteiger partial charge in [0.15, 0.2) is 6.10 Å². The van der Waals surface area contributed by atoms with Gasteiger partial charge in [0.05, 0.1) is 0 Å². The van der Waals surface area contributed by atoms with E-state index in [0.29, 0.717) is 13.0 Å². The minimum absolute atomic E-state index is 0.0485. The van der Waals surface area contributed by atoms with Crippen molar-refractivity contribution in [1.82, 2.24) is 10.2 Å². The van der Waals surface area contributed by atoms with Crippen LogP contribution in [0.2, 0.25) is 0 Å². The van der Waals surface area contributed by atoms with Crippen LogP contribution in [0.3, 0.4) is 0 Å². The monoisotopic (exact) mass is 278 g/mol. The summed E-state index contributed by atoms with van der Waals surface area (Å²) in [5.41, 5.74) is 2.39. The van der Waals surface area contributed by atoms with Crippen LogP contribution in [0, 0.1) is 13.8 Å². The number of rotatable bonds is 7. The molecule has 1 amide bonds. The number of ether oxygens (including phenoxy) is 1. The summed E-state index contributed by atoms with van der Waals surface area (Å²) in [5, 5.41) is 2.91. The molecule has 0 aliphatic rings. The molecular weight excluding hydrogens is 252 g/mol. The Hall–Kier alpha value is -1.55. The zero-order chi connectivity index (χ0) is 15.1. The van der Waals surface area contributed by atoms with Crippen molar-refractivity contribution in [1.29, 1.82) is 0 Å². The van der Waals surface area contributed by atoms with Crippen LogP contribution >= 0.6 is 0 Å². The van der Waals surface area contributed by atoms with Gasteiger partial charge in [-0.2, -0.15) is 0 Å². The molecule has 1 aromatic rings. The molecule has 1 atom stereocenters. The van der Waals surface area contributed by atoms with Crippen LogP contribution in [-0.4, -0.2) is 44.1 Å². The summed E-state index contributed by atoms with van der Waals surface area (Å²) in [6, 6.07) is 5.91. The molecule has 0 saturated heterocycles. The van der Waals surface area contributed by atoms with Gasteiger partial charge in [0.1, 0.15) is 5.75 Å². The first-order chi connectivity index (χ1) is 9.43. The number of nitrogens with one attached hydrogen (secondary N) is 1. The molecular formula is C16H26N2O2. The second-order valence-corrected chi connectivity index (χ2v) is 5.36. The highest BCUT2D eigenvalue weighted by molar-refractivity contribution is 5.81. The summed E-state index contributed by atoms with van der Waals surface area (Å²) in [6.07, 6.45) is 0.222. The van der Waals surface area contributed by atoms with Crippen molar-refractivity contribution in [2.24, 2.45) is 0 Å². The Balaban J connectivity index is 2.57. The third-order valence-corrected chi connectivity index (χ3v) is 3.28. The third-order valence-electron chi connectivity index (χ3n) is 3.28. The van der Waals surface area contributed by atoms with Crippen molar-refractivity contribution in [3.63, 3.8) is 0 Å². The molecule has 0 heterocycles. The fourth-order valence-electron chi connectivity index (χ4n) is 1.79. The summed E-state index contributed by atoms with van der Waals surface area (Å²) >= 11 is 0. The smallest absolute Gasteiger partial charge is 0.261 e. The van der Waals surface area contributed by atoms with Gasteiger partial charge in [-0.1, -0.05) is 13.0 Å². The average Bonchev–Trinajstić information content (AvgIpc) is 2.39. The topological polar surface area (TPSA) is 41.6 Å². The average molecular weight is 278 g/mol. The van der Waals surface area contributed by atoms with Crippen LogP contribution in [-0.2, 0) is 4.79 Å². The van der Waals surface area contributed by atoms with E-state index in [2.05, 4.69) is 12.2 Å². The maximum Gasteiger partial charge on any atom is 0.261 e. The van der Waals surface area contributed by atoms with E-state index in [0.717, 1.165) is 12.3 Å². The third kappa shape index (κ3) is 5.21. The molecule has 1 aromatic carbocycles. The summed E-state index contributed by atoms with van der Waals surface area (Å²) in [4.78, 5) is 14.1. The fourth-order valence-corrected chi connectivity index (χ4v) is 1.79. The van der Waals surface area contributed by atoms with E-state index in [-0.39, 0.29) is 5.91 Å². The summed E-state index contributed by atoms with van der Waals surface area (Å²) < 4.78 is 5.79. The standard InChI is InChI=1S/C16H26N2O2/c1-6-15(16(19)17-9-10-18(4)5)20-14-8-7-12(2)13(3)11-14/h7-8,11,15H,6,9-10H2,1-5H3,(H,17,19)/t15-/m0/s1. The fraction of sp³-hybridized carbons (Fsp3) is 0.562. The van der Waals surface area contributed by atoms with E-state index in [9.17, 15) is 4.79 Å². The molecule has 0 fully saturated rings. The van der Waals surface area contributed by atoms with Crippen molar-refractivity contribution in [3.05, 3.63) is 29.3 Å². The maximum absolute atomic E-state index is 12.1. The van der Waals surface area contributed by atoms with E-state index >= 15 is 0 Å². The highest BCUT2D eigenvalue weighted by Gasteiger charge is 2.17. The molecule has 112 valence electrons. The van der Waals surface area contributed by atoms with Crippen LogP contribution in [0.4, 0.5) is 0 Å². The second-order valence-electron chi connectivity index (χ2n) is 5.36. The Kier molecular flexibility index (Phi) is 6.52. The predicted molar refractivity (Wildman–Crippen MR) is 82.2 cm³/mol. The van der Waals surface area contributed by atoms with Crippen molar-refractivity contribution < 1.29 is 9.53 Å². The molecule has 0 aliphatic carbocycles. The van der Waals surface area contributed by atoms with E-state index in [1.165, 1.54) is 11.1 Å². The molecule has 0 bridgehead atoms. The predicted octanol–water partition coefficient (Wildman–Crippen LogP) is 2.14. The Morgan fingerprint density at radius 2 is 2.00 bits per heavy atom. The van der Waals surface area contributed by atoms with E-state index in [1.807, 2.05) is 51.0 Å². The van der Waals surface area contributed by atoms with Crippen LogP contribution in [0.5, 0.6) is 5.75 Å². The molecule has 20 heavy (non-hydrogen) atoms. The van der Waals surface area contributed by atoms with Gasteiger partial charge in [0.2, 0.25) is 0 Å². The number of hydrogen-bond acceptors (Lipinski definition) is 3. The van der Waals surface area contributed by atoms with Crippen LogP contribution in [0.1, 0.15) is 24.5 Å². The number of nitrogens with zero attached hydrogens (tertiary/aromatic N) is 1. The normalized spacial score (nSPS) is 12.3. The first kappa shape index (κ1) is 16.5. The highest BCUT2D eigenvalue weighted by atomic mass is 16.5. The quantitative estimate of drug-likeness (QED) is 0.831. The lowest BCUT2D eigenvalue weighted by Crippen LogP contribution is -2.40. The van der Waals surface area contributed by atoms with Gasteiger partial charge in [0.25, 0.3) is 5.91 Å². The first-order valence-corrected chi connectivity index (χ1v) is 7.10. The van der Waals surface area contributed by atoms with Gasteiger partial charge >= 0.3 is 0 Å². The molecule has 0 aromatic heterocycles. The number of carbonyl (C=O) groups excluding carboxylic acids is 1. The number of amides is 1. The van der Waals surface area contributed by atoms with Gasteiger partial charge in [-0.3, -0.25) is 4.79 Å². The maximum atomic E-state index is 12.1. The highest BCUT2D eigenvalue weighted by Crippen LogP contribution is 2.18. The lowest BCUT2D eigenvalue weighted by Gasteiger charge is -2.18. The molecule has 0 aliphatic heterocycles. The van der Waals surface area contributed by atoms with Gasteiger partial charge in [0, 0.05) is 13.1 Å². The first-order valence-electron chi connectivity index (χ1n) is 7.10. The number of hydrogen-bond donors (Lipinski definition) is 1. The van der Waals surface area contributed by atoms with Crippen molar-refractivity contribution in [2.75, 3.05) is 27.2 Å². The summed E-state index contributed by atoms with van der Waals surface area (Å²) in [7, 11) is 3.96. The van der Waals surface area contributed by atoms with Crippen LogP contribution in [0.15, 0.2) is 18.2 Å². The van der Waals surface area contributed by atoms with Crippen molar-refractivity contribution in [3.8, 4) is 5.75 Å². The van der Waals surface area contributed by atoms with Crippen LogP contribution < -0.4 is 10.1 Å². The second kappa shape index (κ2) is 7.90. The Bertz CT molecular complexity index is 444. The Morgan fingerprint density at radius 1 is 1.30 bits per heavy atom. The number of benzene rings is 1. The Labute approximate surface area is 122 Å². The summed E-state index contributed by atoms with van der Waals surface area (Å²) in [5.74, 6) is 0.704. The molecule has 0 saturated carbocycles. The van der Waals surface area contributed by atoms with E-state index in [4.69, 9.17) is 4.74 Å². The zero-order valence-electron chi connectivity index (χ0n) is 13.2. The molecule has 1 N–H and O–H groups in total. The van der Waals surface area contributed by atoms with Gasteiger partial charge < -0.3 is 15.0 Å². The number of aryl methyl sites for hydroxylation is 2. The molecule has 4 nitrogen and oxygen atoms in total. The lowest BCUT2D eigenvalue weighted by molar-refractivity contribution is -0.128. The van der Waals surface area contributed by atoms with Gasteiger partial charge in [-0.15, -0.1) is 0 Å². The number of likely N-dealkylation sites (N-methyl/N-ethyl adjacent to an activating group) is 1. The molecule has 0 spiro atoms. The zero-order valence-corrected chi connectivity index (χ0v) is 13.2. The van der Waals surface area contributed by atoms with Gasteiger partial charge in [-0.05, 0) is 57.6 Å². The van der Waals surface area contributed by atoms with E-state index in [1.54, 1.807) is 0 Å². The number of carbonyl (C=O) groups is 1.